The molecule has 174 valence electrons. The van der Waals surface area contributed by atoms with Gasteiger partial charge in [-0.25, -0.2) is 4.39 Å². The van der Waals surface area contributed by atoms with Crippen LogP contribution in [0.3, 0.4) is 0 Å². The van der Waals surface area contributed by atoms with Gasteiger partial charge in [0.2, 0.25) is 0 Å². The van der Waals surface area contributed by atoms with Crippen molar-refractivity contribution in [2.24, 2.45) is 0 Å². The number of hydrogen-bond acceptors (Lipinski definition) is 4. The zero-order valence-corrected chi connectivity index (χ0v) is 19.3. The summed E-state index contributed by atoms with van der Waals surface area (Å²) in [5.41, 5.74) is 3.84. The van der Waals surface area contributed by atoms with Crippen molar-refractivity contribution in [2.75, 3.05) is 26.2 Å². The van der Waals surface area contributed by atoms with Crippen LogP contribution in [0.2, 0.25) is 0 Å². The van der Waals surface area contributed by atoms with Crippen molar-refractivity contribution in [3.63, 3.8) is 0 Å². The standard InChI is InChI=1S/C29H30FN3O/c30-26-8-2-1-7-25(26)19-32-16-3-4-17-33-27(20-32)29(28(33)21-34)24-13-11-22(12-14-24)9-10-23-6-5-15-31-18-23/h1-2,5-8,11-15,18,27-29,34H,3-4,16-17,19-21H2/t27-,28-,29-/m0/s1. The molecule has 2 aliphatic rings. The lowest BCUT2D eigenvalue weighted by atomic mass is 9.74. The van der Waals surface area contributed by atoms with Crippen molar-refractivity contribution in [3.8, 4) is 11.8 Å². The van der Waals surface area contributed by atoms with Gasteiger partial charge < -0.3 is 5.11 Å². The van der Waals surface area contributed by atoms with E-state index in [0.717, 1.165) is 49.2 Å². The molecule has 2 aromatic carbocycles. The van der Waals surface area contributed by atoms with Crippen LogP contribution in [0.4, 0.5) is 4.39 Å². The summed E-state index contributed by atoms with van der Waals surface area (Å²) in [5, 5.41) is 10.2. The van der Waals surface area contributed by atoms with Crippen LogP contribution in [-0.4, -0.2) is 58.2 Å². The molecule has 0 radical (unpaired) electrons. The smallest absolute Gasteiger partial charge is 0.127 e. The van der Waals surface area contributed by atoms with Gasteiger partial charge in [-0.3, -0.25) is 14.8 Å². The molecule has 0 saturated carbocycles. The molecular weight excluding hydrogens is 425 g/mol. The van der Waals surface area contributed by atoms with Gasteiger partial charge in [0.05, 0.1) is 6.61 Å². The van der Waals surface area contributed by atoms with E-state index in [1.54, 1.807) is 24.5 Å². The second kappa shape index (κ2) is 10.5. The lowest BCUT2D eigenvalue weighted by Crippen LogP contribution is -2.67. The number of fused-ring (bicyclic) bond motifs is 1. The molecule has 0 bridgehead atoms. The molecule has 1 aromatic heterocycles. The Morgan fingerprint density at radius 1 is 0.941 bits per heavy atom. The normalized spacial score (nSPS) is 23.1. The minimum absolute atomic E-state index is 0.130. The highest BCUT2D eigenvalue weighted by Crippen LogP contribution is 2.42. The molecular formula is C29H30FN3O. The number of pyridine rings is 1. The zero-order chi connectivity index (χ0) is 23.3. The van der Waals surface area contributed by atoms with Gasteiger partial charge in [-0.15, -0.1) is 0 Å². The fourth-order valence-electron chi connectivity index (χ4n) is 5.39. The molecule has 2 aliphatic heterocycles. The van der Waals surface area contributed by atoms with E-state index in [-0.39, 0.29) is 24.4 Å². The first-order valence-electron chi connectivity index (χ1n) is 12.1. The van der Waals surface area contributed by atoms with Crippen LogP contribution in [0, 0.1) is 17.7 Å². The molecule has 3 heterocycles. The van der Waals surface area contributed by atoms with Crippen molar-refractivity contribution in [2.45, 2.75) is 37.4 Å². The highest BCUT2D eigenvalue weighted by atomic mass is 19.1. The lowest BCUT2D eigenvalue weighted by molar-refractivity contribution is -0.0656. The van der Waals surface area contributed by atoms with E-state index in [1.165, 1.54) is 5.56 Å². The highest BCUT2D eigenvalue weighted by Gasteiger charge is 2.49. The number of rotatable bonds is 4. The summed E-state index contributed by atoms with van der Waals surface area (Å²) in [4.78, 5) is 8.94. The Hall–Kier alpha value is -3.04. The molecule has 2 fully saturated rings. The molecule has 0 spiro atoms. The van der Waals surface area contributed by atoms with Crippen molar-refractivity contribution >= 4 is 0 Å². The second-order valence-corrected chi connectivity index (χ2v) is 9.23. The number of aliphatic hydroxyl groups is 1. The lowest BCUT2D eigenvalue weighted by Gasteiger charge is -2.57. The zero-order valence-electron chi connectivity index (χ0n) is 19.3. The van der Waals surface area contributed by atoms with Crippen LogP contribution in [0.5, 0.6) is 0 Å². The van der Waals surface area contributed by atoms with Gasteiger partial charge in [0.25, 0.3) is 0 Å². The number of aromatic nitrogens is 1. The van der Waals surface area contributed by atoms with Crippen molar-refractivity contribution < 1.29 is 9.50 Å². The highest BCUT2D eigenvalue weighted by molar-refractivity contribution is 5.43. The predicted octanol–water partition coefficient (Wildman–Crippen LogP) is 4.05. The average Bonchev–Trinajstić information content (AvgIpc) is 2.86. The predicted molar refractivity (Wildman–Crippen MR) is 132 cm³/mol. The molecule has 2 saturated heterocycles. The fraction of sp³-hybridized carbons (Fsp3) is 0.345. The first-order chi connectivity index (χ1) is 16.7. The topological polar surface area (TPSA) is 39.6 Å². The van der Waals surface area contributed by atoms with Crippen molar-refractivity contribution in [1.82, 2.24) is 14.8 Å². The van der Waals surface area contributed by atoms with E-state index in [0.29, 0.717) is 12.6 Å². The molecule has 3 aromatic rings. The first-order valence-corrected chi connectivity index (χ1v) is 12.1. The van der Waals surface area contributed by atoms with Gasteiger partial charge in [-0.05, 0) is 61.8 Å². The van der Waals surface area contributed by atoms with E-state index in [2.05, 4.69) is 50.9 Å². The third-order valence-electron chi connectivity index (χ3n) is 7.11. The Morgan fingerprint density at radius 2 is 1.74 bits per heavy atom. The Balaban J connectivity index is 1.33. The van der Waals surface area contributed by atoms with Crippen molar-refractivity contribution in [1.29, 1.82) is 0 Å². The minimum atomic E-state index is -0.136. The minimum Gasteiger partial charge on any atom is -0.395 e. The number of halogens is 1. The molecule has 0 unspecified atom stereocenters. The summed E-state index contributed by atoms with van der Waals surface area (Å²) in [7, 11) is 0. The third-order valence-corrected chi connectivity index (χ3v) is 7.11. The van der Waals surface area contributed by atoms with E-state index in [4.69, 9.17) is 0 Å². The summed E-state index contributed by atoms with van der Waals surface area (Å²) in [6, 6.07) is 19.8. The number of benzene rings is 2. The van der Waals surface area contributed by atoms with Gasteiger partial charge >= 0.3 is 0 Å². The molecule has 0 aliphatic carbocycles. The van der Waals surface area contributed by atoms with Gasteiger partial charge in [0.1, 0.15) is 5.82 Å². The number of nitrogens with zero attached hydrogens (tertiary/aromatic N) is 3. The summed E-state index contributed by atoms with van der Waals surface area (Å²) < 4.78 is 14.3. The average molecular weight is 456 g/mol. The third kappa shape index (κ3) is 4.90. The van der Waals surface area contributed by atoms with Gasteiger partial charge in [0, 0.05) is 60.2 Å². The van der Waals surface area contributed by atoms with Crippen LogP contribution in [-0.2, 0) is 6.54 Å². The summed E-state index contributed by atoms with van der Waals surface area (Å²) in [6.45, 7) is 3.62. The Morgan fingerprint density at radius 3 is 2.50 bits per heavy atom. The van der Waals surface area contributed by atoms with Crippen LogP contribution in [0.15, 0.2) is 73.1 Å². The molecule has 4 nitrogen and oxygen atoms in total. The van der Waals surface area contributed by atoms with Crippen LogP contribution < -0.4 is 0 Å². The van der Waals surface area contributed by atoms with E-state index < -0.39 is 0 Å². The van der Waals surface area contributed by atoms with E-state index >= 15 is 0 Å². The Bertz CT molecular complexity index is 1160. The molecule has 34 heavy (non-hydrogen) atoms. The van der Waals surface area contributed by atoms with E-state index in [1.807, 2.05) is 24.3 Å². The van der Waals surface area contributed by atoms with Gasteiger partial charge in [-0.2, -0.15) is 0 Å². The summed E-state index contributed by atoms with van der Waals surface area (Å²) in [6.07, 6.45) is 5.69. The maximum atomic E-state index is 14.3. The molecule has 3 atom stereocenters. The molecule has 1 N–H and O–H groups in total. The Kier molecular flexibility index (Phi) is 7.01. The van der Waals surface area contributed by atoms with Crippen LogP contribution >= 0.6 is 0 Å². The fourth-order valence-corrected chi connectivity index (χ4v) is 5.39. The molecule has 5 heteroatoms. The van der Waals surface area contributed by atoms with Gasteiger partial charge in [0.15, 0.2) is 0 Å². The number of hydrogen-bond donors (Lipinski definition) is 1. The van der Waals surface area contributed by atoms with Crippen molar-refractivity contribution in [3.05, 3.63) is 101 Å². The first kappa shape index (κ1) is 22.7. The monoisotopic (exact) mass is 455 g/mol. The summed E-state index contributed by atoms with van der Waals surface area (Å²) >= 11 is 0. The molecule has 5 rings (SSSR count). The second-order valence-electron chi connectivity index (χ2n) is 9.23. The van der Waals surface area contributed by atoms with E-state index in [9.17, 15) is 9.50 Å². The quantitative estimate of drug-likeness (QED) is 0.603. The molecule has 0 amide bonds. The Labute approximate surface area is 201 Å². The SMILES string of the molecule is OC[C@H]1[C@@H](c2ccc(C#Cc3cccnc3)cc2)[C@@H]2CN(Cc3ccccc3F)CCCCN12. The maximum Gasteiger partial charge on any atom is 0.127 e. The van der Waals surface area contributed by atoms with Crippen LogP contribution in [0.1, 0.15) is 41.0 Å². The largest absolute Gasteiger partial charge is 0.395 e. The van der Waals surface area contributed by atoms with Gasteiger partial charge in [-0.1, -0.05) is 42.2 Å². The number of aliphatic hydroxyl groups excluding tert-OH is 1. The maximum absolute atomic E-state index is 14.3. The summed E-state index contributed by atoms with van der Waals surface area (Å²) in [5.74, 6) is 6.48. The van der Waals surface area contributed by atoms with Crippen LogP contribution in [0.25, 0.3) is 0 Å².